The monoisotopic (exact) mass is 347 g/mol. The summed E-state index contributed by atoms with van der Waals surface area (Å²) >= 11 is 0. The van der Waals surface area contributed by atoms with E-state index in [-0.39, 0.29) is 18.3 Å². The number of carbonyl (C=O) groups is 2. The van der Waals surface area contributed by atoms with Crippen molar-refractivity contribution in [2.75, 3.05) is 11.9 Å². The summed E-state index contributed by atoms with van der Waals surface area (Å²) in [5.74, 6) is -0.787. The van der Waals surface area contributed by atoms with Crippen LogP contribution in [0.4, 0.5) is 5.69 Å². The lowest BCUT2D eigenvalue weighted by atomic mass is 10.0. The highest BCUT2D eigenvalue weighted by Crippen LogP contribution is 2.25. The number of ether oxygens (including phenoxy) is 1. The third-order valence-electron chi connectivity index (χ3n) is 3.69. The Bertz CT molecular complexity index is 999. The molecule has 6 nitrogen and oxygen atoms in total. The van der Waals surface area contributed by atoms with Gasteiger partial charge in [-0.25, -0.2) is 14.8 Å². The van der Waals surface area contributed by atoms with E-state index in [0.29, 0.717) is 11.2 Å². The van der Waals surface area contributed by atoms with Crippen molar-refractivity contribution in [2.24, 2.45) is 0 Å². The van der Waals surface area contributed by atoms with Gasteiger partial charge < -0.3 is 10.1 Å². The molecule has 0 unspecified atom stereocenters. The number of nitrogens with one attached hydrogen (secondary N) is 1. The minimum absolute atomic E-state index is 0.0310. The molecule has 1 amide bonds. The summed E-state index contributed by atoms with van der Waals surface area (Å²) in [6, 6.07) is 13.1. The largest absolute Gasteiger partial charge is 0.460 e. The maximum absolute atomic E-state index is 11.8. The summed E-state index contributed by atoms with van der Waals surface area (Å²) in [6.45, 7) is 5.44. The third kappa shape index (κ3) is 3.75. The Hall–Kier alpha value is -3.54. The fourth-order valence-electron chi connectivity index (χ4n) is 2.47. The number of aromatic nitrogens is 2. The van der Waals surface area contributed by atoms with Crippen LogP contribution in [0.15, 0.2) is 61.3 Å². The predicted octanol–water partition coefficient (Wildman–Crippen LogP) is 3.60. The number of amides is 1. The number of benzene rings is 2. The van der Waals surface area contributed by atoms with Crippen LogP contribution in [0, 0.1) is 0 Å². The van der Waals surface area contributed by atoms with Crippen LogP contribution < -0.4 is 5.32 Å². The van der Waals surface area contributed by atoms with Crippen molar-refractivity contribution in [2.45, 2.75) is 6.92 Å². The van der Waals surface area contributed by atoms with Gasteiger partial charge in [0.25, 0.3) is 0 Å². The normalized spacial score (nSPS) is 10.3. The molecule has 0 aliphatic heterocycles. The molecule has 0 saturated heterocycles. The number of esters is 1. The zero-order valence-corrected chi connectivity index (χ0v) is 14.2. The van der Waals surface area contributed by atoms with Gasteiger partial charge in [-0.1, -0.05) is 30.8 Å². The van der Waals surface area contributed by atoms with E-state index in [2.05, 4.69) is 21.9 Å². The van der Waals surface area contributed by atoms with Crippen molar-refractivity contribution in [3.05, 3.63) is 67.1 Å². The van der Waals surface area contributed by atoms with Gasteiger partial charge >= 0.3 is 5.97 Å². The SMILES string of the molecule is C=CC(=O)Nc1cccc(-c2ccc3cnc(C(=O)OCC)nc3c2)c1. The summed E-state index contributed by atoms with van der Waals surface area (Å²) in [6.07, 6.45) is 2.82. The van der Waals surface area contributed by atoms with Crippen molar-refractivity contribution in [3.63, 3.8) is 0 Å². The van der Waals surface area contributed by atoms with Crippen molar-refractivity contribution in [3.8, 4) is 11.1 Å². The van der Waals surface area contributed by atoms with Crippen molar-refractivity contribution in [1.82, 2.24) is 9.97 Å². The quantitative estimate of drug-likeness (QED) is 0.563. The van der Waals surface area contributed by atoms with E-state index in [9.17, 15) is 9.59 Å². The van der Waals surface area contributed by atoms with Gasteiger partial charge in [-0.3, -0.25) is 4.79 Å². The van der Waals surface area contributed by atoms with E-state index >= 15 is 0 Å². The summed E-state index contributed by atoms with van der Waals surface area (Å²) in [4.78, 5) is 31.6. The fourth-order valence-corrected chi connectivity index (χ4v) is 2.47. The maximum Gasteiger partial charge on any atom is 0.376 e. The van der Waals surface area contributed by atoms with Crippen LogP contribution in [0.5, 0.6) is 0 Å². The zero-order valence-electron chi connectivity index (χ0n) is 14.2. The minimum atomic E-state index is -0.547. The van der Waals surface area contributed by atoms with Crippen molar-refractivity contribution < 1.29 is 14.3 Å². The number of nitrogens with zero attached hydrogens (tertiary/aromatic N) is 2. The van der Waals surface area contributed by atoms with Crippen molar-refractivity contribution >= 4 is 28.5 Å². The molecule has 0 fully saturated rings. The average Bonchev–Trinajstić information content (AvgIpc) is 2.67. The van der Waals surface area contributed by atoms with Gasteiger partial charge in [0.05, 0.1) is 12.1 Å². The number of anilines is 1. The molecule has 2 aromatic carbocycles. The molecule has 0 aliphatic rings. The molecule has 3 rings (SSSR count). The van der Waals surface area contributed by atoms with E-state index in [0.717, 1.165) is 16.5 Å². The first-order valence-electron chi connectivity index (χ1n) is 8.08. The molecule has 130 valence electrons. The molecule has 0 aliphatic carbocycles. The molecule has 0 bridgehead atoms. The summed E-state index contributed by atoms with van der Waals surface area (Å²) in [5.41, 5.74) is 3.12. The van der Waals surface area contributed by atoms with E-state index in [1.54, 1.807) is 19.2 Å². The van der Waals surface area contributed by atoms with Gasteiger partial charge in [0.1, 0.15) is 0 Å². The van der Waals surface area contributed by atoms with E-state index in [4.69, 9.17) is 4.74 Å². The van der Waals surface area contributed by atoms with Crippen LogP contribution in [0.1, 0.15) is 17.5 Å². The van der Waals surface area contributed by atoms with Crippen molar-refractivity contribution in [1.29, 1.82) is 0 Å². The molecular weight excluding hydrogens is 330 g/mol. The van der Waals surface area contributed by atoms with Gasteiger partial charge in [0.15, 0.2) is 0 Å². The Kier molecular flexibility index (Phi) is 5.03. The summed E-state index contributed by atoms with van der Waals surface area (Å²) in [5, 5.41) is 3.55. The highest BCUT2D eigenvalue weighted by molar-refractivity contribution is 5.99. The Morgan fingerprint density at radius 2 is 2.00 bits per heavy atom. The third-order valence-corrected chi connectivity index (χ3v) is 3.69. The zero-order chi connectivity index (χ0) is 18.5. The Labute approximate surface area is 150 Å². The molecule has 0 spiro atoms. The molecule has 3 aromatic rings. The van der Waals surface area contributed by atoms with Gasteiger partial charge in [0.2, 0.25) is 11.7 Å². The first-order chi connectivity index (χ1) is 12.6. The second-order valence-electron chi connectivity index (χ2n) is 5.46. The lowest BCUT2D eigenvalue weighted by Crippen LogP contribution is -2.09. The molecule has 6 heteroatoms. The van der Waals surface area contributed by atoms with E-state index in [1.807, 2.05) is 36.4 Å². The van der Waals surface area contributed by atoms with Crippen LogP contribution >= 0.6 is 0 Å². The Balaban J connectivity index is 1.97. The van der Waals surface area contributed by atoms with E-state index < -0.39 is 5.97 Å². The number of hydrogen-bond donors (Lipinski definition) is 1. The van der Waals surface area contributed by atoms with E-state index in [1.165, 1.54) is 6.08 Å². The molecule has 0 saturated carbocycles. The van der Waals surface area contributed by atoms with Crippen LogP contribution in [0.25, 0.3) is 22.0 Å². The molecule has 1 aromatic heterocycles. The fraction of sp³-hybridized carbons (Fsp3) is 0.100. The highest BCUT2D eigenvalue weighted by Gasteiger charge is 2.11. The molecule has 1 heterocycles. The van der Waals surface area contributed by atoms with Crippen LogP contribution in [0.3, 0.4) is 0 Å². The van der Waals surface area contributed by atoms with Gasteiger partial charge in [-0.2, -0.15) is 0 Å². The number of carbonyl (C=O) groups excluding carboxylic acids is 2. The summed E-state index contributed by atoms with van der Waals surface area (Å²) in [7, 11) is 0. The number of fused-ring (bicyclic) bond motifs is 1. The molecule has 26 heavy (non-hydrogen) atoms. The first-order valence-corrected chi connectivity index (χ1v) is 8.08. The second-order valence-corrected chi connectivity index (χ2v) is 5.46. The van der Waals surface area contributed by atoms with Gasteiger partial charge in [-0.05, 0) is 42.3 Å². The second kappa shape index (κ2) is 7.57. The molecule has 0 atom stereocenters. The lowest BCUT2D eigenvalue weighted by Gasteiger charge is -2.08. The minimum Gasteiger partial charge on any atom is -0.460 e. The highest BCUT2D eigenvalue weighted by atomic mass is 16.5. The smallest absolute Gasteiger partial charge is 0.376 e. The average molecular weight is 347 g/mol. The van der Waals surface area contributed by atoms with Crippen LogP contribution in [-0.4, -0.2) is 28.5 Å². The molecule has 1 N–H and O–H groups in total. The standard InChI is InChI=1S/C20H17N3O3/c1-3-18(24)22-16-7-5-6-13(10-16)14-8-9-15-12-21-19(20(25)26-4-2)23-17(15)11-14/h3,5-12H,1,4H2,2H3,(H,22,24). The maximum atomic E-state index is 11.8. The molecular formula is C20H17N3O3. The first kappa shape index (κ1) is 17.3. The summed E-state index contributed by atoms with van der Waals surface area (Å²) < 4.78 is 4.94. The van der Waals surface area contributed by atoms with Crippen LogP contribution in [-0.2, 0) is 9.53 Å². The predicted molar refractivity (Wildman–Crippen MR) is 99.8 cm³/mol. The van der Waals surface area contributed by atoms with Crippen LogP contribution in [0.2, 0.25) is 0 Å². The Morgan fingerprint density at radius 1 is 1.19 bits per heavy atom. The number of rotatable bonds is 5. The van der Waals surface area contributed by atoms with Gasteiger partial charge in [-0.15, -0.1) is 0 Å². The topological polar surface area (TPSA) is 81.2 Å². The van der Waals surface area contributed by atoms with Gasteiger partial charge in [0, 0.05) is 17.3 Å². The molecule has 0 radical (unpaired) electrons. The Morgan fingerprint density at radius 3 is 2.77 bits per heavy atom. The lowest BCUT2D eigenvalue weighted by molar-refractivity contribution is -0.111. The number of hydrogen-bond acceptors (Lipinski definition) is 5.